The zero-order chi connectivity index (χ0) is 19.6. The minimum absolute atomic E-state index is 0.327. The highest BCUT2D eigenvalue weighted by molar-refractivity contribution is 7.99. The Kier molecular flexibility index (Phi) is 8.61. The number of aliphatic hydroxyl groups excluding tert-OH is 1. The molecule has 0 radical (unpaired) electrons. The van der Waals surface area contributed by atoms with Crippen LogP contribution >= 0.6 is 11.8 Å². The highest BCUT2D eigenvalue weighted by Gasteiger charge is 2.15. The van der Waals surface area contributed by atoms with Crippen LogP contribution < -0.4 is 10.1 Å². The second kappa shape index (κ2) is 11.4. The van der Waals surface area contributed by atoms with Gasteiger partial charge in [0.15, 0.2) is 0 Å². The molecule has 1 saturated heterocycles. The number of nitrogens with one attached hydrogen (secondary N) is 1. The van der Waals surface area contributed by atoms with Crippen molar-refractivity contribution in [3.8, 4) is 5.75 Å². The molecule has 3 rings (SSSR count). The third kappa shape index (κ3) is 6.78. The van der Waals surface area contributed by atoms with Gasteiger partial charge in [0, 0.05) is 68.1 Å². The number of rotatable bonds is 10. The summed E-state index contributed by atoms with van der Waals surface area (Å²) in [6.45, 7) is 6.82. The first-order valence-electron chi connectivity index (χ1n) is 10.0. The standard InChI is InChI=1S/C22H31N3O2S/c1-18-5-4-9-24-21(18)8-10-23-15-19-6-2-3-7-22(19)27-17-20(26)16-25-11-13-28-14-12-25/h2-7,9,20,23,26H,8,10-17H2,1H3. The number of benzene rings is 1. The molecule has 1 aliphatic heterocycles. The average molecular weight is 402 g/mol. The Morgan fingerprint density at radius 3 is 2.86 bits per heavy atom. The van der Waals surface area contributed by atoms with Gasteiger partial charge in [-0.3, -0.25) is 9.88 Å². The van der Waals surface area contributed by atoms with Crippen molar-refractivity contribution in [1.29, 1.82) is 0 Å². The number of para-hydroxylation sites is 1. The van der Waals surface area contributed by atoms with E-state index in [1.165, 1.54) is 5.56 Å². The fourth-order valence-electron chi connectivity index (χ4n) is 3.32. The normalized spacial score (nSPS) is 16.1. The quantitative estimate of drug-likeness (QED) is 0.597. The molecule has 2 N–H and O–H groups in total. The van der Waals surface area contributed by atoms with Gasteiger partial charge in [-0.15, -0.1) is 0 Å². The van der Waals surface area contributed by atoms with Gasteiger partial charge in [0.05, 0.1) is 0 Å². The average Bonchev–Trinajstić information content (AvgIpc) is 2.72. The zero-order valence-electron chi connectivity index (χ0n) is 16.6. The fourth-order valence-corrected chi connectivity index (χ4v) is 4.30. The summed E-state index contributed by atoms with van der Waals surface area (Å²) in [5, 5.41) is 13.8. The second-order valence-corrected chi connectivity index (χ2v) is 8.40. The number of β-amino-alcohol motifs (C(OH)–C–C–N with tert-alkyl or cyclic N) is 1. The molecule has 1 aromatic carbocycles. The Morgan fingerprint density at radius 1 is 1.21 bits per heavy atom. The van der Waals surface area contributed by atoms with E-state index in [1.807, 2.05) is 42.2 Å². The van der Waals surface area contributed by atoms with Crippen molar-refractivity contribution in [3.63, 3.8) is 0 Å². The van der Waals surface area contributed by atoms with Crippen LogP contribution in [0.5, 0.6) is 5.75 Å². The van der Waals surface area contributed by atoms with Crippen molar-refractivity contribution >= 4 is 11.8 Å². The molecule has 0 aliphatic carbocycles. The molecule has 1 fully saturated rings. The van der Waals surface area contributed by atoms with E-state index in [-0.39, 0.29) is 0 Å². The number of nitrogens with zero attached hydrogens (tertiary/aromatic N) is 2. The lowest BCUT2D eigenvalue weighted by atomic mass is 10.1. The minimum atomic E-state index is -0.462. The van der Waals surface area contributed by atoms with E-state index in [0.29, 0.717) is 13.2 Å². The van der Waals surface area contributed by atoms with E-state index in [1.54, 1.807) is 0 Å². The first-order chi connectivity index (χ1) is 13.7. The third-order valence-corrected chi connectivity index (χ3v) is 5.89. The summed E-state index contributed by atoms with van der Waals surface area (Å²) in [5.74, 6) is 3.15. The van der Waals surface area contributed by atoms with E-state index < -0.39 is 6.10 Å². The van der Waals surface area contributed by atoms with Gasteiger partial charge in [-0.2, -0.15) is 11.8 Å². The number of thioether (sulfide) groups is 1. The Bertz CT molecular complexity index is 722. The summed E-state index contributed by atoms with van der Waals surface area (Å²) in [7, 11) is 0. The lowest BCUT2D eigenvalue weighted by Gasteiger charge is -2.28. The highest BCUT2D eigenvalue weighted by Crippen LogP contribution is 2.18. The lowest BCUT2D eigenvalue weighted by molar-refractivity contribution is 0.0711. The van der Waals surface area contributed by atoms with E-state index in [4.69, 9.17) is 4.74 Å². The summed E-state index contributed by atoms with van der Waals surface area (Å²) in [6.07, 6.45) is 2.29. The van der Waals surface area contributed by atoms with Gasteiger partial charge in [0.25, 0.3) is 0 Å². The van der Waals surface area contributed by atoms with Crippen LogP contribution in [0.4, 0.5) is 0 Å². The van der Waals surface area contributed by atoms with Crippen molar-refractivity contribution in [3.05, 3.63) is 59.4 Å². The number of aliphatic hydroxyl groups is 1. The van der Waals surface area contributed by atoms with E-state index >= 15 is 0 Å². The molecule has 1 aliphatic rings. The SMILES string of the molecule is Cc1cccnc1CCNCc1ccccc1OCC(O)CN1CCSCC1. The third-order valence-electron chi connectivity index (χ3n) is 4.95. The maximum absolute atomic E-state index is 10.3. The predicted octanol–water partition coefficient (Wildman–Crippen LogP) is 2.51. The van der Waals surface area contributed by atoms with Crippen molar-refractivity contribution in [1.82, 2.24) is 15.2 Å². The van der Waals surface area contributed by atoms with Crippen LogP contribution in [0.1, 0.15) is 16.8 Å². The van der Waals surface area contributed by atoms with Crippen LogP contribution in [0.3, 0.4) is 0 Å². The molecular formula is C22H31N3O2S. The maximum Gasteiger partial charge on any atom is 0.123 e. The van der Waals surface area contributed by atoms with Crippen molar-refractivity contribution in [2.45, 2.75) is 26.0 Å². The summed E-state index contributed by atoms with van der Waals surface area (Å²) in [4.78, 5) is 6.76. The summed E-state index contributed by atoms with van der Waals surface area (Å²) in [5.41, 5.74) is 3.48. The van der Waals surface area contributed by atoms with Crippen LogP contribution in [0.25, 0.3) is 0 Å². The molecule has 2 heterocycles. The number of aryl methyl sites for hydroxylation is 1. The molecule has 2 aromatic rings. The molecule has 0 saturated carbocycles. The molecule has 1 unspecified atom stereocenters. The largest absolute Gasteiger partial charge is 0.491 e. The number of aromatic nitrogens is 1. The molecule has 0 spiro atoms. The van der Waals surface area contributed by atoms with Gasteiger partial charge < -0.3 is 15.2 Å². The van der Waals surface area contributed by atoms with Crippen LogP contribution in [0, 0.1) is 6.92 Å². The van der Waals surface area contributed by atoms with Gasteiger partial charge in [0.2, 0.25) is 0 Å². The smallest absolute Gasteiger partial charge is 0.123 e. The summed E-state index contributed by atoms with van der Waals surface area (Å²) in [6, 6.07) is 12.1. The van der Waals surface area contributed by atoms with Crippen molar-refractivity contribution in [2.24, 2.45) is 0 Å². The topological polar surface area (TPSA) is 57.6 Å². The zero-order valence-corrected chi connectivity index (χ0v) is 17.5. The van der Waals surface area contributed by atoms with E-state index in [0.717, 1.165) is 61.1 Å². The first kappa shape index (κ1) is 21.1. The Hall–Kier alpha value is -1.60. The molecule has 1 aromatic heterocycles. The minimum Gasteiger partial charge on any atom is -0.491 e. The van der Waals surface area contributed by atoms with Crippen molar-refractivity contribution < 1.29 is 9.84 Å². The van der Waals surface area contributed by atoms with Gasteiger partial charge in [0.1, 0.15) is 18.5 Å². The van der Waals surface area contributed by atoms with Crippen LogP contribution in [-0.2, 0) is 13.0 Å². The predicted molar refractivity (Wildman–Crippen MR) is 116 cm³/mol. The van der Waals surface area contributed by atoms with Gasteiger partial charge in [-0.1, -0.05) is 24.3 Å². The molecule has 1 atom stereocenters. The maximum atomic E-state index is 10.3. The molecule has 28 heavy (non-hydrogen) atoms. The first-order valence-corrected chi connectivity index (χ1v) is 11.2. The number of hydrogen-bond donors (Lipinski definition) is 2. The van der Waals surface area contributed by atoms with Crippen LogP contribution in [0.15, 0.2) is 42.6 Å². The fraction of sp³-hybridized carbons (Fsp3) is 0.500. The highest BCUT2D eigenvalue weighted by atomic mass is 32.2. The molecule has 0 amide bonds. The number of ether oxygens (including phenoxy) is 1. The monoisotopic (exact) mass is 401 g/mol. The molecule has 152 valence electrons. The number of pyridine rings is 1. The summed E-state index contributed by atoms with van der Waals surface area (Å²) < 4.78 is 5.94. The Morgan fingerprint density at radius 2 is 2.04 bits per heavy atom. The molecular weight excluding hydrogens is 370 g/mol. The van der Waals surface area contributed by atoms with Gasteiger partial charge in [-0.25, -0.2) is 0 Å². The van der Waals surface area contributed by atoms with Gasteiger partial charge >= 0.3 is 0 Å². The lowest BCUT2D eigenvalue weighted by Crippen LogP contribution is -2.40. The summed E-state index contributed by atoms with van der Waals surface area (Å²) >= 11 is 1.98. The van der Waals surface area contributed by atoms with Crippen LogP contribution in [-0.4, -0.2) is 65.4 Å². The molecule has 0 bridgehead atoms. The molecule has 6 heteroatoms. The Balaban J connectivity index is 1.42. The Labute approximate surface area is 172 Å². The van der Waals surface area contributed by atoms with Crippen LogP contribution in [0.2, 0.25) is 0 Å². The second-order valence-electron chi connectivity index (χ2n) is 7.18. The van der Waals surface area contributed by atoms with Gasteiger partial charge in [-0.05, 0) is 24.6 Å². The number of hydrogen-bond acceptors (Lipinski definition) is 6. The van der Waals surface area contributed by atoms with E-state index in [2.05, 4.69) is 34.3 Å². The van der Waals surface area contributed by atoms with E-state index in [9.17, 15) is 5.11 Å². The molecule has 5 nitrogen and oxygen atoms in total. The van der Waals surface area contributed by atoms with Crippen molar-refractivity contribution in [2.75, 3.05) is 44.3 Å².